The van der Waals surface area contributed by atoms with E-state index in [1.165, 1.54) is 12.8 Å². The Morgan fingerprint density at radius 3 is 2.75 bits per heavy atom. The van der Waals surface area contributed by atoms with E-state index in [9.17, 15) is 4.79 Å². The second kappa shape index (κ2) is 5.92. The first-order valence-electron chi connectivity index (χ1n) is 7.05. The van der Waals surface area contributed by atoms with Crippen LogP contribution in [0.25, 0.3) is 5.69 Å². The van der Waals surface area contributed by atoms with E-state index in [4.69, 9.17) is 0 Å². The Balaban J connectivity index is 1.56. The highest BCUT2D eigenvalue weighted by atomic mass is 16.1. The topological polar surface area (TPSA) is 46.1 Å². The third kappa shape index (κ3) is 3.48. The largest absolute Gasteiger partial charge is 0.325 e. The van der Waals surface area contributed by atoms with Gasteiger partial charge in [-0.1, -0.05) is 6.07 Å². The summed E-state index contributed by atoms with van der Waals surface area (Å²) in [6.45, 7) is 1.33. The molecule has 1 aromatic heterocycles. The number of rotatable bonds is 6. The van der Waals surface area contributed by atoms with Crippen LogP contribution in [-0.2, 0) is 4.79 Å². The standard InChI is InChI=1S/C16H19N3O/c20-16(12-17-11-13-6-7-13)18-14-4-3-5-15(10-14)19-8-1-2-9-19/h1-5,8-10,13,17H,6-7,11-12H2,(H,18,20). The Morgan fingerprint density at radius 2 is 2.00 bits per heavy atom. The number of nitrogens with one attached hydrogen (secondary N) is 2. The lowest BCUT2D eigenvalue weighted by Crippen LogP contribution is -2.29. The summed E-state index contributed by atoms with van der Waals surface area (Å²) in [5.74, 6) is 0.801. The number of anilines is 1. The van der Waals surface area contributed by atoms with Crippen LogP contribution in [0, 0.1) is 5.92 Å². The van der Waals surface area contributed by atoms with E-state index in [1.54, 1.807) is 0 Å². The molecular weight excluding hydrogens is 250 g/mol. The summed E-state index contributed by atoms with van der Waals surface area (Å²) in [4.78, 5) is 11.8. The molecule has 20 heavy (non-hydrogen) atoms. The average molecular weight is 269 g/mol. The summed E-state index contributed by atoms with van der Waals surface area (Å²) in [5.41, 5.74) is 1.87. The Kier molecular flexibility index (Phi) is 3.83. The van der Waals surface area contributed by atoms with Crippen LogP contribution in [0.3, 0.4) is 0 Å². The molecule has 4 nitrogen and oxygen atoms in total. The average Bonchev–Trinajstić information content (AvgIpc) is 3.10. The number of hydrogen-bond donors (Lipinski definition) is 2. The molecule has 1 saturated carbocycles. The summed E-state index contributed by atoms with van der Waals surface area (Å²) >= 11 is 0. The van der Waals surface area contributed by atoms with Gasteiger partial charge < -0.3 is 15.2 Å². The van der Waals surface area contributed by atoms with E-state index >= 15 is 0 Å². The second-order valence-electron chi connectivity index (χ2n) is 5.26. The lowest BCUT2D eigenvalue weighted by atomic mass is 10.2. The predicted molar refractivity (Wildman–Crippen MR) is 80.0 cm³/mol. The molecule has 4 heteroatoms. The van der Waals surface area contributed by atoms with Gasteiger partial charge in [-0.2, -0.15) is 0 Å². The molecule has 0 spiro atoms. The minimum atomic E-state index is 0.00954. The van der Waals surface area contributed by atoms with Crippen LogP contribution in [0.15, 0.2) is 48.8 Å². The molecule has 2 aromatic rings. The van der Waals surface area contributed by atoms with Crippen molar-refractivity contribution in [3.8, 4) is 5.69 Å². The van der Waals surface area contributed by atoms with Crippen LogP contribution in [0.1, 0.15) is 12.8 Å². The Labute approximate surface area is 118 Å². The van der Waals surface area contributed by atoms with Gasteiger partial charge in [0.05, 0.1) is 6.54 Å². The second-order valence-corrected chi connectivity index (χ2v) is 5.26. The summed E-state index contributed by atoms with van der Waals surface area (Å²) in [6.07, 6.45) is 6.57. The summed E-state index contributed by atoms with van der Waals surface area (Å²) in [7, 11) is 0. The molecule has 0 radical (unpaired) electrons. The van der Waals surface area contributed by atoms with Crippen LogP contribution in [0.5, 0.6) is 0 Å². The monoisotopic (exact) mass is 269 g/mol. The maximum atomic E-state index is 11.8. The first-order valence-corrected chi connectivity index (χ1v) is 7.05. The molecular formula is C16H19N3O. The minimum absolute atomic E-state index is 0.00954. The Hall–Kier alpha value is -2.07. The van der Waals surface area contributed by atoms with E-state index in [2.05, 4.69) is 10.6 Å². The molecule has 0 unspecified atom stereocenters. The maximum absolute atomic E-state index is 11.8. The highest BCUT2D eigenvalue weighted by molar-refractivity contribution is 5.92. The van der Waals surface area contributed by atoms with Gasteiger partial charge in [0.25, 0.3) is 0 Å². The summed E-state index contributed by atoms with van der Waals surface area (Å²) in [6, 6.07) is 11.8. The lowest BCUT2D eigenvalue weighted by Gasteiger charge is -2.09. The summed E-state index contributed by atoms with van der Waals surface area (Å²) < 4.78 is 2.01. The highest BCUT2D eigenvalue weighted by Gasteiger charge is 2.20. The van der Waals surface area contributed by atoms with Gasteiger partial charge >= 0.3 is 0 Å². The van der Waals surface area contributed by atoms with Crippen molar-refractivity contribution < 1.29 is 4.79 Å². The van der Waals surface area contributed by atoms with Gasteiger partial charge in [0, 0.05) is 23.8 Å². The minimum Gasteiger partial charge on any atom is -0.325 e. The molecule has 0 saturated heterocycles. The van der Waals surface area contributed by atoms with Gasteiger partial charge in [0.1, 0.15) is 0 Å². The number of benzene rings is 1. The fraction of sp³-hybridized carbons (Fsp3) is 0.312. The Bertz CT molecular complexity index is 573. The molecule has 1 heterocycles. The molecule has 1 aliphatic rings. The van der Waals surface area contributed by atoms with Gasteiger partial charge in [0.15, 0.2) is 0 Å². The fourth-order valence-electron chi connectivity index (χ4n) is 2.17. The molecule has 1 aromatic carbocycles. The zero-order valence-corrected chi connectivity index (χ0v) is 11.4. The smallest absolute Gasteiger partial charge is 0.238 e. The maximum Gasteiger partial charge on any atom is 0.238 e. The van der Waals surface area contributed by atoms with E-state index in [1.807, 2.05) is 53.4 Å². The van der Waals surface area contributed by atoms with E-state index < -0.39 is 0 Å². The van der Waals surface area contributed by atoms with Gasteiger partial charge in [-0.3, -0.25) is 4.79 Å². The normalized spacial score (nSPS) is 14.2. The number of aromatic nitrogens is 1. The van der Waals surface area contributed by atoms with Gasteiger partial charge in [0.2, 0.25) is 5.91 Å². The van der Waals surface area contributed by atoms with E-state index in [0.29, 0.717) is 6.54 Å². The fourth-order valence-corrected chi connectivity index (χ4v) is 2.17. The van der Waals surface area contributed by atoms with Crippen molar-refractivity contribution in [2.45, 2.75) is 12.8 Å². The van der Waals surface area contributed by atoms with Gasteiger partial charge in [-0.25, -0.2) is 0 Å². The number of carbonyl (C=O) groups excluding carboxylic acids is 1. The molecule has 1 aliphatic carbocycles. The van der Waals surface area contributed by atoms with Crippen LogP contribution < -0.4 is 10.6 Å². The highest BCUT2D eigenvalue weighted by Crippen LogP contribution is 2.27. The van der Waals surface area contributed by atoms with Crippen LogP contribution >= 0.6 is 0 Å². The number of amides is 1. The van der Waals surface area contributed by atoms with Crippen molar-refractivity contribution in [1.82, 2.24) is 9.88 Å². The van der Waals surface area contributed by atoms with Crippen molar-refractivity contribution in [3.63, 3.8) is 0 Å². The van der Waals surface area contributed by atoms with E-state index in [0.717, 1.165) is 23.8 Å². The third-order valence-corrected chi connectivity index (χ3v) is 3.45. The molecule has 1 fully saturated rings. The molecule has 2 N–H and O–H groups in total. The first-order chi connectivity index (χ1) is 9.81. The summed E-state index contributed by atoms with van der Waals surface area (Å²) in [5, 5.41) is 6.12. The van der Waals surface area contributed by atoms with Crippen molar-refractivity contribution in [2.24, 2.45) is 5.92 Å². The van der Waals surface area contributed by atoms with Crippen LogP contribution in [-0.4, -0.2) is 23.6 Å². The van der Waals surface area contributed by atoms with Gasteiger partial charge in [-0.15, -0.1) is 0 Å². The van der Waals surface area contributed by atoms with Crippen LogP contribution in [0.2, 0.25) is 0 Å². The Morgan fingerprint density at radius 1 is 1.20 bits per heavy atom. The molecule has 1 amide bonds. The molecule has 3 rings (SSSR count). The van der Waals surface area contributed by atoms with Crippen molar-refractivity contribution in [1.29, 1.82) is 0 Å². The zero-order valence-electron chi connectivity index (χ0n) is 11.4. The quantitative estimate of drug-likeness (QED) is 0.846. The molecule has 0 bridgehead atoms. The molecule has 0 aliphatic heterocycles. The third-order valence-electron chi connectivity index (χ3n) is 3.45. The van der Waals surface area contributed by atoms with Crippen molar-refractivity contribution in [3.05, 3.63) is 48.8 Å². The van der Waals surface area contributed by atoms with Crippen LogP contribution in [0.4, 0.5) is 5.69 Å². The van der Waals surface area contributed by atoms with Gasteiger partial charge in [-0.05, 0) is 55.6 Å². The predicted octanol–water partition coefficient (Wildman–Crippen LogP) is 2.42. The van der Waals surface area contributed by atoms with Crippen molar-refractivity contribution in [2.75, 3.05) is 18.4 Å². The number of nitrogens with zero attached hydrogens (tertiary/aromatic N) is 1. The number of hydrogen-bond acceptors (Lipinski definition) is 2. The first kappa shape index (κ1) is 12.9. The molecule has 104 valence electrons. The molecule has 0 atom stereocenters. The SMILES string of the molecule is O=C(CNCC1CC1)Nc1cccc(-n2cccc2)c1. The lowest BCUT2D eigenvalue weighted by molar-refractivity contribution is -0.115. The zero-order chi connectivity index (χ0) is 13.8. The van der Waals surface area contributed by atoms with E-state index in [-0.39, 0.29) is 5.91 Å². The van der Waals surface area contributed by atoms with Crippen molar-refractivity contribution >= 4 is 11.6 Å². The number of carbonyl (C=O) groups is 1.